The highest BCUT2D eigenvalue weighted by atomic mass is 15.2. The van der Waals surface area contributed by atoms with Crippen molar-refractivity contribution in [2.45, 2.75) is 19.9 Å². The number of nitrogens with zero attached hydrogens (tertiary/aromatic N) is 3. The van der Waals surface area contributed by atoms with Crippen LogP contribution in [-0.4, -0.2) is 9.55 Å². The number of hydrogen-bond acceptors (Lipinski definition) is 1. The van der Waals surface area contributed by atoms with Crippen LogP contribution in [0.15, 0.2) is 67.1 Å². The van der Waals surface area contributed by atoms with Crippen molar-refractivity contribution >= 4 is 0 Å². The largest absolute Gasteiger partial charge is 0.294 e. The van der Waals surface area contributed by atoms with E-state index >= 15 is 0 Å². The third-order valence-corrected chi connectivity index (χ3v) is 5.75. The monoisotopic (exact) mass is 336 g/mol. The zero-order chi connectivity index (χ0) is 17.3. The van der Waals surface area contributed by atoms with E-state index in [0.717, 1.165) is 18.7 Å². The van der Waals surface area contributed by atoms with Gasteiger partial charge in [0.1, 0.15) is 18.9 Å². The predicted molar refractivity (Wildman–Crippen MR) is 101 cm³/mol. The van der Waals surface area contributed by atoms with E-state index in [1.807, 2.05) is 6.20 Å². The fourth-order valence-corrected chi connectivity index (χ4v) is 4.58. The van der Waals surface area contributed by atoms with Gasteiger partial charge in [-0.1, -0.05) is 42.5 Å². The molecular weight excluding hydrogens is 318 g/mol. The number of aromatic nitrogens is 3. The first-order valence-electron chi connectivity index (χ1n) is 9.07. The number of hydrogen-bond donors (Lipinski definition) is 0. The second-order valence-electron chi connectivity index (χ2n) is 7.20. The van der Waals surface area contributed by atoms with E-state index in [1.54, 1.807) is 0 Å². The van der Waals surface area contributed by atoms with Gasteiger partial charge in [0.15, 0.2) is 5.69 Å². The SMILES string of the molecule is Cc1ncc2c(c1-n1cc[n+]3c1-c1ccccc1C3)Cc1ccccc1-2. The van der Waals surface area contributed by atoms with Crippen molar-refractivity contribution in [2.24, 2.45) is 0 Å². The summed E-state index contributed by atoms with van der Waals surface area (Å²) in [6, 6.07) is 17.4. The number of pyridine rings is 1. The first-order chi connectivity index (χ1) is 12.8. The molecule has 0 saturated carbocycles. The molecule has 3 heterocycles. The highest BCUT2D eigenvalue weighted by molar-refractivity contribution is 5.80. The van der Waals surface area contributed by atoms with Crippen molar-refractivity contribution in [2.75, 3.05) is 0 Å². The summed E-state index contributed by atoms with van der Waals surface area (Å²) < 4.78 is 4.68. The number of fused-ring (bicyclic) bond motifs is 6. The van der Waals surface area contributed by atoms with E-state index in [4.69, 9.17) is 4.98 Å². The Morgan fingerprint density at radius 1 is 0.923 bits per heavy atom. The van der Waals surface area contributed by atoms with Gasteiger partial charge in [-0.2, -0.15) is 4.57 Å². The van der Waals surface area contributed by atoms with Crippen molar-refractivity contribution in [1.29, 1.82) is 0 Å². The Bertz CT molecular complexity index is 1200. The third kappa shape index (κ3) is 1.72. The van der Waals surface area contributed by atoms with Crippen LogP contribution in [-0.2, 0) is 13.0 Å². The molecule has 3 heteroatoms. The van der Waals surface area contributed by atoms with E-state index in [-0.39, 0.29) is 0 Å². The molecule has 26 heavy (non-hydrogen) atoms. The summed E-state index contributed by atoms with van der Waals surface area (Å²) in [6.07, 6.45) is 7.41. The number of imidazole rings is 1. The minimum atomic E-state index is 0.945. The van der Waals surface area contributed by atoms with E-state index in [2.05, 4.69) is 77.0 Å². The molecule has 2 aliphatic rings. The summed E-state index contributed by atoms with van der Waals surface area (Å²) in [5.74, 6) is 1.26. The summed E-state index contributed by atoms with van der Waals surface area (Å²) in [5, 5.41) is 0. The molecule has 4 aromatic rings. The molecule has 0 fully saturated rings. The van der Waals surface area contributed by atoms with Crippen LogP contribution in [0.2, 0.25) is 0 Å². The second kappa shape index (κ2) is 4.92. The maximum atomic E-state index is 4.76. The van der Waals surface area contributed by atoms with Crippen LogP contribution in [0.1, 0.15) is 22.4 Å². The molecule has 3 nitrogen and oxygen atoms in total. The molecule has 0 radical (unpaired) electrons. The number of rotatable bonds is 1. The summed E-state index contributed by atoms with van der Waals surface area (Å²) in [7, 11) is 0. The minimum absolute atomic E-state index is 0.945. The van der Waals surface area contributed by atoms with E-state index in [1.165, 1.54) is 44.9 Å². The Morgan fingerprint density at radius 3 is 2.58 bits per heavy atom. The van der Waals surface area contributed by atoms with E-state index in [9.17, 15) is 0 Å². The minimum Gasteiger partial charge on any atom is -0.256 e. The summed E-state index contributed by atoms with van der Waals surface area (Å²) >= 11 is 0. The molecule has 1 aliphatic heterocycles. The van der Waals surface area contributed by atoms with Gasteiger partial charge in [-0.3, -0.25) is 4.98 Å². The normalized spacial score (nSPS) is 13.3. The summed E-state index contributed by atoms with van der Waals surface area (Å²) in [6.45, 7) is 3.07. The quantitative estimate of drug-likeness (QED) is 0.415. The summed E-state index contributed by atoms with van der Waals surface area (Å²) in [4.78, 5) is 4.76. The van der Waals surface area contributed by atoms with Crippen LogP contribution < -0.4 is 4.57 Å². The average Bonchev–Trinajstić information content (AvgIpc) is 3.33. The van der Waals surface area contributed by atoms with Gasteiger partial charge in [-0.05, 0) is 24.1 Å². The molecular formula is C23H18N3+. The molecule has 0 saturated heterocycles. The first-order valence-corrected chi connectivity index (χ1v) is 9.07. The lowest BCUT2D eigenvalue weighted by molar-refractivity contribution is -0.671. The molecule has 0 atom stereocenters. The van der Waals surface area contributed by atoms with Gasteiger partial charge in [0, 0.05) is 29.3 Å². The fraction of sp³-hybridized carbons (Fsp3) is 0.130. The van der Waals surface area contributed by atoms with Gasteiger partial charge in [-0.25, -0.2) is 4.57 Å². The predicted octanol–water partition coefficient (Wildman–Crippen LogP) is 4.07. The van der Waals surface area contributed by atoms with Crippen molar-refractivity contribution in [1.82, 2.24) is 9.55 Å². The molecule has 0 N–H and O–H groups in total. The molecule has 2 aromatic carbocycles. The Morgan fingerprint density at radius 2 is 1.69 bits per heavy atom. The van der Waals surface area contributed by atoms with Gasteiger partial charge in [-0.15, -0.1) is 0 Å². The lowest BCUT2D eigenvalue weighted by Crippen LogP contribution is -2.30. The van der Waals surface area contributed by atoms with Crippen LogP contribution in [0.3, 0.4) is 0 Å². The van der Waals surface area contributed by atoms with Gasteiger partial charge >= 0.3 is 0 Å². The zero-order valence-corrected chi connectivity index (χ0v) is 14.6. The fourth-order valence-electron chi connectivity index (χ4n) is 4.58. The van der Waals surface area contributed by atoms with Crippen molar-refractivity contribution in [3.05, 3.63) is 89.5 Å². The number of benzene rings is 2. The molecule has 0 amide bonds. The Balaban J connectivity index is 1.63. The maximum Gasteiger partial charge on any atom is 0.294 e. The van der Waals surface area contributed by atoms with E-state index in [0.29, 0.717) is 0 Å². The highest BCUT2D eigenvalue weighted by Gasteiger charge is 2.33. The summed E-state index contributed by atoms with van der Waals surface area (Å²) in [5.41, 5.74) is 10.4. The number of aryl methyl sites for hydroxylation is 1. The highest BCUT2D eigenvalue weighted by Crippen LogP contribution is 2.41. The maximum absolute atomic E-state index is 4.76. The van der Waals surface area contributed by atoms with Crippen LogP contribution >= 0.6 is 0 Å². The standard InChI is InChI=1S/C23H18N3/c1-15-22(20-12-16-6-2-4-8-18(16)21(20)13-24-15)26-11-10-25-14-17-7-3-5-9-19(17)23(25)26/h2-11,13H,12,14H2,1H3/q+1. The lowest BCUT2D eigenvalue weighted by Gasteiger charge is -2.09. The van der Waals surface area contributed by atoms with Crippen molar-refractivity contribution in [3.63, 3.8) is 0 Å². The molecule has 0 unspecified atom stereocenters. The Kier molecular flexibility index (Phi) is 2.65. The molecule has 0 bridgehead atoms. The van der Waals surface area contributed by atoms with Gasteiger partial charge < -0.3 is 0 Å². The van der Waals surface area contributed by atoms with Crippen molar-refractivity contribution < 1.29 is 4.57 Å². The second-order valence-corrected chi connectivity index (χ2v) is 7.20. The van der Waals surface area contributed by atoms with Gasteiger partial charge in [0.25, 0.3) is 5.82 Å². The zero-order valence-electron chi connectivity index (χ0n) is 14.6. The molecule has 124 valence electrons. The van der Waals surface area contributed by atoms with Crippen LogP contribution in [0.25, 0.3) is 28.2 Å². The smallest absolute Gasteiger partial charge is 0.256 e. The Labute approximate surface area is 152 Å². The van der Waals surface area contributed by atoms with Crippen LogP contribution in [0, 0.1) is 6.92 Å². The van der Waals surface area contributed by atoms with Gasteiger partial charge in [0.2, 0.25) is 0 Å². The van der Waals surface area contributed by atoms with Crippen molar-refractivity contribution in [3.8, 4) is 28.2 Å². The Hall–Kier alpha value is -3.20. The first kappa shape index (κ1) is 14.0. The topological polar surface area (TPSA) is 21.7 Å². The molecule has 0 spiro atoms. The lowest BCUT2D eigenvalue weighted by atomic mass is 10.1. The third-order valence-electron chi connectivity index (χ3n) is 5.75. The molecule has 2 aromatic heterocycles. The molecule has 6 rings (SSSR count). The van der Waals surface area contributed by atoms with Crippen LogP contribution in [0.5, 0.6) is 0 Å². The van der Waals surface area contributed by atoms with Crippen LogP contribution in [0.4, 0.5) is 0 Å². The van der Waals surface area contributed by atoms with Gasteiger partial charge in [0.05, 0.1) is 11.3 Å². The van der Waals surface area contributed by atoms with E-state index < -0.39 is 0 Å². The molecule has 1 aliphatic carbocycles. The average molecular weight is 336 g/mol.